The van der Waals surface area contributed by atoms with Gasteiger partial charge in [0.25, 0.3) is 0 Å². The van der Waals surface area contributed by atoms with Gasteiger partial charge in [-0.05, 0) is 49.5 Å². The summed E-state index contributed by atoms with van der Waals surface area (Å²) in [5.41, 5.74) is 1.37. The lowest BCUT2D eigenvalue weighted by Crippen LogP contribution is -2.60. The summed E-state index contributed by atoms with van der Waals surface area (Å²) in [7, 11) is 0. The highest BCUT2D eigenvalue weighted by molar-refractivity contribution is 5.46. The summed E-state index contributed by atoms with van der Waals surface area (Å²) in [6.45, 7) is 6.06. The molecule has 6 heteroatoms. The fourth-order valence-electron chi connectivity index (χ4n) is 5.58. The van der Waals surface area contributed by atoms with Gasteiger partial charge in [-0.3, -0.25) is 9.80 Å². The van der Waals surface area contributed by atoms with E-state index in [4.69, 9.17) is 19.3 Å². The van der Waals surface area contributed by atoms with Crippen LogP contribution in [0, 0.1) is 5.92 Å². The van der Waals surface area contributed by atoms with E-state index in [1.165, 1.54) is 31.5 Å². The van der Waals surface area contributed by atoms with E-state index in [0.717, 1.165) is 30.5 Å². The van der Waals surface area contributed by atoms with Gasteiger partial charge in [-0.1, -0.05) is 6.07 Å². The molecular weight excluding hydrogens is 332 g/mol. The Labute approximate surface area is 154 Å². The van der Waals surface area contributed by atoms with Gasteiger partial charge in [-0.2, -0.15) is 0 Å². The van der Waals surface area contributed by atoms with Crippen LogP contribution in [0.4, 0.5) is 0 Å². The molecule has 0 unspecified atom stereocenters. The molecule has 142 valence electrons. The van der Waals surface area contributed by atoms with Crippen LogP contribution in [0.5, 0.6) is 11.5 Å². The van der Waals surface area contributed by atoms with E-state index in [0.29, 0.717) is 38.0 Å². The number of hydrogen-bond donors (Lipinski definition) is 1. The van der Waals surface area contributed by atoms with Gasteiger partial charge >= 0.3 is 0 Å². The fourth-order valence-corrected chi connectivity index (χ4v) is 5.58. The molecule has 0 radical (unpaired) electrons. The van der Waals surface area contributed by atoms with Gasteiger partial charge in [-0.25, -0.2) is 0 Å². The molecule has 1 N–H and O–H groups in total. The molecule has 0 amide bonds. The van der Waals surface area contributed by atoms with Crippen molar-refractivity contribution in [1.82, 2.24) is 9.80 Å². The Morgan fingerprint density at radius 3 is 2.77 bits per heavy atom. The number of benzene rings is 1. The van der Waals surface area contributed by atoms with Crippen LogP contribution in [-0.4, -0.2) is 79.8 Å². The third-order valence-electron chi connectivity index (χ3n) is 6.68. The summed E-state index contributed by atoms with van der Waals surface area (Å²) in [6, 6.07) is 7.71. The van der Waals surface area contributed by atoms with Crippen LogP contribution < -0.4 is 9.47 Å². The van der Waals surface area contributed by atoms with Crippen LogP contribution in [0.1, 0.15) is 24.3 Å². The van der Waals surface area contributed by atoms with Gasteiger partial charge in [0.2, 0.25) is 6.79 Å². The second-order valence-corrected chi connectivity index (χ2v) is 7.90. The number of fused-ring (bicyclic) bond motifs is 3. The lowest BCUT2D eigenvalue weighted by molar-refractivity contribution is -0.0153. The molecule has 1 aromatic carbocycles. The van der Waals surface area contributed by atoms with Crippen molar-refractivity contribution < 1.29 is 19.3 Å². The largest absolute Gasteiger partial charge is 0.454 e. The molecule has 4 saturated heterocycles. The fraction of sp³-hybridized carbons (Fsp3) is 0.700. The predicted octanol–water partition coefficient (Wildman–Crippen LogP) is 1.29. The summed E-state index contributed by atoms with van der Waals surface area (Å²) in [5.74, 6) is 3.07. The Morgan fingerprint density at radius 1 is 1.08 bits per heavy atom. The molecule has 6 nitrogen and oxygen atoms in total. The average Bonchev–Trinajstić information content (AvgIpc) is 3.31. The van der Waals surface area contributed by atoms with Crippen LogP contribution in [-0.2, 0) is 4.74 Å². The number of ether oxygens (including phenoxy) is 3. The molecule has 3 atom stereocenters. The maximum atomic E-state index is 8.93. The number of likely N-dealkylation sites (tertiary alicyclic amines) is 1. The van der Waals surface area contributed by atoms with Crippen molar-refractivity contribution >= 4 is 0 Å². The van der Waals surface area contributed by atoms with Crippen molar-refractivity contribution in [1.29, 1.82) is 0 Å². The monoisotopic (exact) mass is 360 g/mol. The summed E-state index contributed by atoms with van der Waals surface area (Å²) >= 11 is 0. The van der Waals surface area contributed by atoms with Crippen LogP contribution in [0.15, 0.2) is 18.2 Å². The average molecular weight is 360 g/mol. The van der Waals surface area contributed by atoms with Crippen molar-refractivity contribution in [3.8, 4) is 11.5 Å². The zero-order chi connectivity index (χ0) is 17.5. The third kappa shape index (κ3) is 2.80. The summed E-state index contributed by atoms with van der Waals surface area (Å²) in [6.07, 6.45) is 2.64. The van der Waals surface area contributed by atoms with Crippen molar-refractivity contribution in [3.63, 3.8) is 0 Å². The Kier molecular flexibility index (Phi) is 4.52. The Hall–Kier alpha value is -1.34. The van der Waals surface area contributed by atoms with Gasteiger partial charge in [0.05, 0.1) is 19.8 Å². The number of rotatable bonds is 6. The molecule has 0 aliphatic carbocycles. The Morgan fingerprint density at radius 2 is 1.92 bits per heavy atom. The highest BCUT2D eigenvalue weighted by Crippen LogP contribution is 2.47. The zero-order valence-electron chi connectivity index (χ0n) is 15.2. The Bertz CT molecular complexity index is 647. The molecule has 2 bridgehead atoms. The van der Waals surface area contributed by atoms with E-state index in [-0.39, 0.29) is 6.61 Å². The van der Waals surface area contributed by atoms with Gasteiger partial charge in [0, 0.05) is 31.1 Å². The molecule has 0 spiro atoms. The first-order valence-electron chi connectivity index (χ1n) is 9.91. The van der Waals surface area contributed by atoms with E-state index in [2.05, 4.69) is 28.0 Å². The van der Waals surface area contributed by atoms with Gasteiger partial charge in [-0.15, -0.1) is 0 Å². The smallest absolute Gasteiger partial charge is 0.231 e. The first-order chi connectivity index (χ1) is 12.8. The summed E-state index contributed by atoms with van der Waals surface area (Å²) < 4.78 is 16.7. The van der Waals surface area contributed by atoms with E-state index >= 15 is 0 Å². The van der Waals surface area contributed by atoms with Crippen molar-refractivity contribution in [3.05, 3.63) is 23.8 Å². The minimum absolute atomic E-state index is 0.0995. The molecule has 0 aromatic heterocycles. The highest BCUT2D eigenvalue weighted by Gasteiger charge is 2.53. The van der Waals surface area contributed by atoms with Crippen molar-refractivity contribution in [2.24, 2.45) is 5.92 Å². The molecule has 0 saturated carbocycles. The van der Waals surface area contributed by atoms with Crippen LogP contribution in [0.2, 0.25) is 0 Å². The van der Waals surface area contributed by atoms with Crippen LogP contribution >= 0.6 is 0 Å². The molecule has 4 fully saturated rings. The first-order valence-corrected chi connectivity index (χ1v) is 9.91. The van der Waals surface area contributed by atoms with Crippen molar-refractivity contribution in [2.45, 2.75) is 30.8 Å². The van der Waals surface area contributed by atoms with Crippen molar-refractivity contribution in [2.75, 3.05) is 52.8 Å². The van der Waals surface area contributed by atoms with Gasteiger partial charge in [0.15, 0.2) is 11.5 Å². The number of aliphatic hydroxyl groups is 1. The summed E-state index contributed by atoms with van der Waals surface area (Å²) in [4.78, 5) is 5.36. The number of nitrogens with zero attached hydrogens (tertiary/aromatic N) is 2. The summed E-state index contributed by atoms with van der Waals surface area (Å²) in [5, 5.41) is 8.93. The predicted molar refractivity (Wildman–Crippen MR) is 96.7 cm³/mol. The maximum absolute atomic E-state index is 8.93. The van der Waals surface area contributed by atoms with Gasteiger partial charge in [0.1, 0.15) is 0 Å². The van der Waals surface area contributed by atoms with Crippen LogP contribution in [0.25, 0.3) is 0 Å². The minimum atomic E-state index is 0.0995. The number of piperidine rings is 3. The minimum Gasteiger partial charge on any atom is -0.454 e. The first kappa shape index (κ1) is 16.8. The second kappa shape index (κ2) is 7.00. The lowest BCUT2D eigenvalue weighted by atomic mass is 9.75. The topological polar surface area (TPSA) is 54.4 Å². The zero-order valence-corrected chi connectivity index (χ0v) is 15.2. The second-order valence-electron chi connectivity index (χ2n) is 7.90. The standard InChI is InChI=1S/C20H28N2O4/c23-8-10-24-9-7-22-12-16(15-1-2-17-18(11-15)26-13-25-17)20-19(22)14-3-5-21(20)6-4-14/h1-2,11,14,16,19-20,23H,3-10,12-13H2/t16-,19+,20+/m1/s1. The molecule has 5 aliphatic rings. The number of aliphatic hydroxyl groups excluding tert-OH is 1. The third-order valence-corrected chi connectivity index (χ3v) is 6.68. The Balaban J connectivity index is 1.39. The van der Waals surface area contributed by atoms with E-state index in [9.17, 15) is 0 Å². The molecule has 5 aliphatic heterocycles. The molecule has 1 aromatic rings. The molecule has 6 rings (SSSR count). The van der Waals surface area contributed by atoms with E-state index in [1.54, 1.807) is 0 Å². The van der Waals surface area contributed by atoms with E-state index in [1.807, 2.05) is 0 Å². The maximum Gasteiger partial charge on any atom is 0.231 e. The normalized spacial score (nSPS) is 35.0. The molecule has 26 heavy (non-hydrogen) atoms. The quantitative estimate of drug-likeness (QED) is 0.772. The van der Waals surface area contributed by atoms with Gasteiger partial charge < -0.3 is 19.3 Å². The lowest BCUT2D eigenvalue weighted by Gasteiger charge is -2.51. The highest BCUT2D eigenvalue weighted by atomic mass is 16.7. The molecule has 5 heterocycles. The molecular formula is C20H28N2O4. The van der Waals surface area contributed by atoms with Crippen LogP contribution in [0.3, 0.4) is 0 Å². The van der Waals surface area contributed by atoms with E-state index < -0.39 is 0 Å². The SMILES string of the molecule is OCCOCCN1C[C@H](c2ccc3c(c2)OCO3)[C@H]2[C@@H]1C1CCN2CC1. The number of hydrogen-bond acceptors (Lipinski definition) is 6.